The second-order valence-electron chi connectivity index (χ2n) is 2.86. The zero-order valence-corrected chi connectivity index (χ0v) is 6.51. The fourth-order valence-corrected chi connectivity index (χ4v) is 1.37. The van der Waals surface area contributed by atoms with Crippen LogP contribution in [0, 0.1) is 5.82 Å². The molecule has 0 amide bonds. The summed E-state index contributed by atoms with van der Waals surface area (Å²) in [7, 11) is 0. The maximum atomic E-state index is 13.0. The van der Waals surface area contributed by atoms with E-state index >= 15 is 0 Å². The van der Waals surface area contributed by atoms with Crippen molar-refractivity contribution in [3.8, 4) is 0 Å². The van der Waals surface area contributed by atoms with E-state index in [0.717, 1.165) is 11.1 Å². The monoisotopic (exact) mass is 168 g/mol. The highest BCUT2D eigenvalue weighted by Gasteiger charge is 2.14. The molecule has 1 aliphatic rings. The van der Waals surface area contributed by atoms with Gasteiger partial charge in [-0.2, -0.15) is 0 Å². The third-order valence-electron chi connectivity index (χ3n) is 2.05. The molecule has 0 radical (unpaired) electrons. The first-order valence-corrected chi connectivity index (χ1v) is 3.80. The molecule has 1 aromatic carbocycles. The number of hydrogen-bond donors (Lipinski definition) is 1. The summed E-state index contributed by atoms with van der Waals surface area (Å²) in [5.41, 5.74) is 2.23. The molecule has 1 heterocycles. The van der Waals surface area contributed by atoms with Crippen LogP contribution in [0.4, 0.5) is 4.39 Å². The normalized spacial score (nSPS) is 14.8. The van der Waals surface area contributed by atoms with E-state index in [1.165, 1.54) is 6.07 Å². The Kier molecular flexibility index (Phi) is 1.83. The predicted octanol–water partition coefficient (Wildman–Crippen LogP) is 1.35. The average Bonchev–Trinajstić information content (AvgIpc) is 2.49. The zero-order chi connectivity index (χ0) is 8.55. The molecule has 64 valence electrons. The van der Waals surface area contributed by atoms with Gasteiger partial charge in [-0.25, -0.2) is 4.39 Å². The molecule has 0 fully saturated rings. The van der Waals surface area contributed by atoms with Crippen LogP contribution in [0.15, 0.2) is 12.1 Å². The van der Waals surface area contributed by atoms with Crippen LogP contribution < -0.4 is 0 Å². The number of hydrogen-bond acceptors (Lipinski definition) is 2. The molecule has 0 atom stereocenters. The Morgan fingerprint density at radius 2 is 2.00 bits per heavy atom. The summed E-state index contributed by atoms with van der Waals surface area (Å²) < 4.78 is 18.2. The predicted molar refractivity (Wildman–Crippen MR) is 40.8 cm³/mol. The number of benzene rings is 1. The molecule has 0 saturated carbocycles. The van der Waals surface area contributed by atoms with Gasteiger partial charge >= 0.3 is 0 Å². The first-order chi connectivity index (χ1) is 5.81. The van der Waals surface area contributed by atoms with E-state index in [-0.39, 0.29) is 12.4 Å². The minimum Gasteiger partial charge on any atom is -0.392 e. The number of aliphatic hydroxyl groups is 1. The number of aliphatic hydroxyl groups excluding tert-OH is 1. The van der Waals surface area contributed by atoms with Crippen molar-refractivity contribution in [2.24, 2.45) is 0 Å². The van der Waals surface area contributed by atoms with Crippen LogP contribution in [0.1, 0.15) is 16.7 Å². The molecule has 2 rings (SSSR count). The van der Waals surface area contributed by atoms with Crippen LogP contribution in [0.25, 0.3) is 0 Å². The van der Waals surface area contributed by atoms with Gasteiger partial charge in [0.05, 0.1) is 19.8 Å². The van der Waals surface area contributed by atoms with Crippen molar-refractivity contribution in [3.63, 3.8) is 0 Å². The Labute approximate surface area is 69.6 Å². The fraction of sp³-hybridized carbons (Fsp3) is 0.333. The van der Waals surface area contributed by atoms with E-state index in [9.17, 15) is 4.39 Å². The van der Waals surface area contributed by atoms with Crippen LogP contribution in [0.3, 0.4) is 0 Å². The summed E-state index contributed by atoms with van der Waals surface area (Å²) in [5, 5.41) is 8.77. The van der Waals surface area contributed by atoms with E-state index in [4.69, 9.17) is 9.84 Å². The minimum atomic E-state index is -0.346. The lowest BCUT2D eigenvalue weighted by Gasteiger charge is -2.01. The molecule has 0 unspecified atom stereocenters. The largest absolute Gasteiger partial charge is 0.392 e. The summed E-state index contributed by atoms with van der Waals surface area (Å²) in [6.45, 7) is 0.764. The lowest BCUT2D eigenvalue weighted by Crippen LogP contribution is -1.93. The minimum absolute atomic E-state index is 0.251. The van der Waals surface area contributed by atoms with Crippen LogP contribution in [0.5, 0.6) is 0 Å². The van der Waals surface area contributed by atoms with E-state index in [0.29, 0.717) is 18.8 Å². The summed E-state index contributed by atoms with van der Waals surface area (Å²) >= 11 is 0. The quantitative estimate of drug-likeness (QED) is 0.685. The van der Waals surface area contributed by atoms with Crippen molar-refractivity contribution in [3.05, 3.63) is 34.6 Å². The Morgan fingerprint density at radius 3 is 2.67 bits per heavy atom. The molecule has 1 N–H and O–H groups in total. The van der Waals surface area contributed by atoms with Gasteiger partial charge in [0.2, 0.25) is 0 Å². The van der Waals surface area contributed by atoms with Gasteiger partial charge < -0.3 is 9.84 Å². The molecule has 0 aromatic heterocycles. The van der Waals surface area contributed by atoms with Gasteiger partial charge in [0.25, 0.3) is 0 Å². The number of ether oxygens (including phenoxy) is 1. The number of rotatable bonds is 1. The highest BCUT2D eigenvalue weighted by atomic mass is 19.1. The second-order valence-corrected chi connectivity index (χ2v) is 2.86. The van der Waals surface area contributed by atoms with Crippen molar-refractivity contribution in [2.75, 3.05) is 0 Å². The van der Waals surface area contributed by atoms with Gasteiger partial charge in [0.1, 0.15) is 5.82 Å². The molecular weight excluding hydrogens is 159 g/mol. The van der Waals surface area contributed by atoms with E-state index in [1.807, 2.05) is 0 Å². The first kappa shape index (κ1) is 7.71. The summed E-state index contributed by atoms with van der Waals surface area (Å²) in [5.74, 6) is -0.346. The summed E-state index contributed by atoms with van der Waals surface area (Å²) in [6.07, 6.45) is 0. The van der Waals surface area contributed by atoms with Crippen molar-refractivity contribution < 1.29 is 14.2 Å². The Morgan fingerprint density at radius 1 is 1.33 bits per heavy atom. The molecule has 12 heavy (non-hydrogen) atoms. The van der Waals surface area contributed by atoms with Crippen molar-refractivity contribution in [1.82, 2.24) is 0 Å². The van der Waals surface area contributed by atoms with Gasteiger partial charge in [0.15, 0.2) is 0 Å². The number of fused-ring (bicyclic) bond motifs is 1. The molecule has 3 heteroatoms. The van der Waals surface area contributed by atoms with Crippen molar-refractivity contribution in [2.45, 2.75) is 19.8 Å². The number of halogens is 1. The first-order valence-electron chi connectivity index (χ1n) is 3.80. The van der Waals surface area contributed by atoms with Gasteiger partial charge in [0, 0.05) is 5.56 Å². The standard InChI is InChI=1S/C9H9FO2/c10-9-2-8-5-12-4-7(8)1-6(9)3-11/h1-2,11H,3-5H2. The molecular formula is C9H9FO2. The van der Waals surface area contributed by atoms with Crippen LogP contribution in [-0.2, 0) is 24.6 Å². The smallest absolute Gasteiger partial charge is 0.129 e. The Hall–Kier alpha value is -0.930. The second kappa shape index (κ2) is 2.84. The topological polar surface area (TPSA) is 29.5 Å². The molecule has 0 bridgehead atoms. The van der Waals surface area contributed by atoms with E-state index < -0.39 is 0 Å². The Balaban J connectivity index is 2.49. The van der Waals surface area contributed by atoms with Gasteiger partial charge in [-0.3, -0.25) is 0 Å². The van der Waals surface area contributed by atoms with Gasteiger partial charge in [-0.05, 0) is 23.3 Å². The molecule has 2 nitrogen and oxygen atoms in total. The van der Waals surface area contributed by atoms with Crippen LogP contribution >= 0.6 is 0 Å². The fourth-order valence-electron chi connectivity index (χ4n) is 1.37. The summed E-state index contributed by atoms with van der Waals surface area (Å²) in [4.78, 5) is 0. The lowest BCUT2D eigenvalue weighted by molar-refractivity contribution is 0.134. The molecule has 1 aromatic rings. The highest BCUT2D eigenvalue weighted by molar-refractivity contribution is 5.33. The lowest BCUT2D eigenvalue weighted by atomic mass is 10.1. The van der Waals surface area contributed by atoms with Crippen molar-refractivity contribution >= 4 is 0 Å². The maximum absolute atomic E-state index is 13.0. The molecule has 0 aliphatic carbocycles. The van der Waals surface area contributed by atoms with E-state index in [1.54, 1.807) is 6.07 Å². The van der Waals surface area contributed by atoms with E-state index in [2.05, 4.69) is 0 Å². The highest BCUT2D eigenvalue weighted by Crippen LogP contribution is 2.23. The average molecular weight is 168 g/mol. The Bertz CT molecular complexity index is 309. The summed E-state index contributed by atoms with van der Waals surface area (Å²) in [6, 6.07) is 3.10. The molecule has 1 aliphatic heterocycles. The third-order valence-corrected chi connectivity index (χ3v) is 2.05. The maximum Gasteiger partial charge on any atom is 0.129 e. The van der Waals surface area contributed by atoms with Crippen LogP contribution in [-0.4, -0.2) is 5.11 Å². The third kappa shape index (κ3) is 1.11. The van der Waals surface area contributed by atoms with Crippen molar-refractivity contribution in [1.29, 1.82) is 0 Å². The SMILES string of the molecule is OCc1cc2c(cc1F)COC2. The van der Waals surface area contributed by atoms with Crippen LogP contribution in [0.2, 0.25) is 0 Å². The van der Waals surface area contributed by atoms with Gasteiger partial charge in [-0.15, -0.1) is 0 Å². The molecule has 0 spiro atoms. The zero-order valence-electron chi connectivity index (χ0n) is 6.51. The molecule has 0 saturated heterocycles. The van der Waals surface area contributed by atoms with Gasteiger partial charge in [-0.1, -0.05) is 0 Å².